The second-order valence-electron chi connectivity index (χ2n) is 8.34. The van der Waals surface area contributed by atoms with Crippen LogP contribution in [0.15, 0.2) is 48.1 Å². The number of nitrogens with one attached hydrogen (secondary N) is 1. The molecule has 10 nitrogen and oxygen atoms in total. The number of hydrogen-bond acceptors (Lipinski definition) is 9. The number of aliphatic hydroxyl groups is 2. The number of aliphatic hydroxyl groups excluding tert-OH is 1. The van der Waals surface area contributed by atoms with E-state index in [-0.39, 0.29) is 40.2 Å². The van der Waals surface area contributed by atoms with Crippen LogP contribution in [0.25, 0.3) is 10.2 Å². The molecule has 206 valence electrons. The number of carbonyl (C=O) groups excluding carboxylic acids is 1. The maximum absolute atomic E-state index is 15.8. The Bertz CT molecular complexity index is 1610. The van der Waals surface area contributed by atoms with E-state index in [1.54, 1.807) is 31.2 Å². The summed E-state index contributed by atoms with van der Waals surface area (Å²) in [5.74, 6) is -3.08. The topological polar surface area (TPSA) is 142 Å². The summed E-state index contributed by atoms with van der Waals surface area (Å²) in [5, 5.41) is 22.5. The molecule has 0 fully saturated rings. The monoisotopic (exact) mass is 578 g/mol. The van der Waals surface area contributed by atoms with E-state index in [2.05, 4.69) is 15.3 Å². The van der Waals surface area contributed by atoms with E-state index in [1.807, 2.05) is 0 Å². The average molecular weight is 579 g/mol. The summed E-state index contributed by atoms with van der Waals surface area (Å²) in [4.78, 5) is 20.8. The summed E-state index contributed by atoms with van der Waals surface area (Å²) >= 11 is 0.947. The van der Waals surface area contributed by atoms with Crippen LogP contribution in [0.2, 0.25) is 0 Å². The van der Waals surface area contributed by atoms with Crippen LogP contribution >= 0.6 is 11.3 Å². The second kappa shape index (κ2) is 11.6. The molecule has 14 heteroatoms. The first-order valence-corrected chi connectivity index (χ1v) is 14.1. The predicted molar refractivity (Wildman–Crippen MR) is 142 cm³/mol. The van der Waals surface area contributed by atoms with E-state index in [1.165, 1.54) is 12.5 Å². The zero-order chi connectivity index (χ0) is 28.3. The molecular weight excluding hydrogens is 554 g/mol. The minimum atomic E-state index is -4.04. The van der Waals surface area contributed by atoms with Crippen LogP contribution < -0.4 is 14.4 Å². The average Bonchev–Trinajstić information content (AvgIpc) is 3.34. The standard InChI is InChI=1S/C25H24F2N4O6S2/c1-3-10-39(35,36)31(11-14-4-6-15(37-2)7-5-14)18-9-8-17(26)21(19(18)27)30-24(32)16-12-38-23-20(16)28-13-29-22(23)25(33)34/h4-9,12-13,25,33-34H,3,10-11H2,1-2H3,(H,30,32). The molecule has 0 aliphatic heterocycles. The van der Waals surface area contributed by atoms with Crippen LogP contribution in [0, 0.1) is 11.6 Å². The molecule has 0 spiro atoms. The summed E-state index contributed by atoms with van der Waals surface area (Å²) in [6.07, 6.45) is -0.637. The second-order valence-corrected chi connectivity index (χ2v) is 11.2. The van der Waals surface area contributed by atoms with Crippen molar-refractivity contribution in [1.82, 2.24) is 9.97 Å². The Balaban J connectivity index is 1.73. The quantitative estimate of drug-likeness (QED) is 0.240. The number of ether oxygens (including phenoxy) is 1. The summed E-state index contributed by atoms with van der Waals surface area (Å²) in [5.41, 5.74) is -0.926. The van der Waals surface area contributed by atoms with Gasteiger partial charge in [0, 0.05) is 5.38 Å². The van der Waals surface area contributed by atoms with Gasteiger partial charge in [0.15, 0.2) is 12.1 Å². The van der Waals surface area contributed by atoms with Crippen molar-refractivity contribution in [1.29, 1.82) is 0 Å². The van der Waals surface area contributed by atoms with E-state index >= 15 is 4.39 Å². The molecular formula is C25H24F2N4O6S2. The van der Waals surface area contributed by atoms with Crippen molar-refractivity contribution in [3.8, 4) is 5.75 Å². The van der Waals surface area contributed by atoms with Crippen LogP contribution in [-0.2, 0) is 16.6 Å². The molecule has 39 heavy (non-hydrogen) atoms. The Morgan fingerprint density at radius 3 is 2.51 bits per heavy atom. The van der Waals surface area contributed by atoms with Crippen LogP contribution in [0.4, 0.5) is 20.2 Å². The highest BCUT2D eigenvalue weighted by atomic mass is 32.2. The lowest BCUT2D eigenvalue weighted by atomic mass is 10.2. The number of benzene rings is 2. The first kappa shape index (κ1) is 28.3. The zero-order valence-electron chi connectivity index (χ0n) is 20.8. The van der Waals surface area contributed by atoms with Gasteiger partial charge < -0.3 is 20.3 Å². The molecule has 3 N–H and O–H groups in total. The number of nitrogens with zero attached hydrogens (tertiary/aromatic N) is 3. The van der Waals surface area contributed by atoms with Crippen molar-refractivity contribution in [3.63, 3.8) is 0 Å². The molecule has 0 radical (unpaired) electrons. The van der Waals surface area contributed by atoms with Crippen LogP contribution in [0.3, 0.4) is 0 Å². The Kier molecular flexibility index (Phi) is 8.39. The molecule has 0 bridgehead atoms. The normalized spacial score (nSPS) is 11.7. The van der Waals surface area contributed by atoms with Crippen molar-refractivity contribution in [2.75, 3.05) is 22.5 Å². The lowest BCUT2D eigenvalue weighted by Gasteiger charge is -2.26. The van der Waals surface area contributed by atoms with Crippen molar-refractivity contribution in [3.05, 3.63) is 76.6 Å². The molecule has 2 heterocycles. The highest BCUT2D eigenvalue weighted by Gasteiger charge is 2.29. The number of thiophene rings is 1. The smallest absolute Gasteiger partial charge is 0.258 e. The molecule has 2 aromatic heterocycles. The molecule has 0 atom stereocenters. The number of aromatic nitrogens is 2. The van der Waals surface area contributed by atoms with Gasteiger partial charge in [0.05, 0.1) is 40.9 Å². The van der Waals surface area contributed by atoms with Gasteiger partial charge in [-0.1, -0.05) is 19.1 Å². The fraction of sp³-hybridized carbons (Fsp3) is 0.240. The van der Waals surface area contributed by atoms with E-state index in [9.17, 15) is 27.8 Å². The number of anilines is 2. The van der Waals surface area contributed by atoms with Crippen LogP contribution in [0.1, 0.15) is 41.2 Å². The summed E-state index contributed by atoms with van der Waals surface area (Å²) in [7, 11) is -2.56. The van der Waals surface area contributed by atoms with Crippen LogP contribution in [0.5, 0.6) is 5.75 Å². The van der Waals surface area contributed by atoms with Gasteiger partial charge >= 0.3 is 0 Å². The largest absolute Gasteiger partial charge is 0.497 e. The number of rotatable bonds is 10. The van der Waals surface area contributed by atoms with E-state index in [4.69, 9.17) is 4.74 Å². The third kappa shape index (κ3) is 5.83. The number of hydrogen-bond donors (Lipinski definition) is 3. The van der Waals surface area contributed by atoms with Crippen molar-refractivity contribution in [2.45, 2.75) is 26.2 Å². The van der Waals surface area contributed by atoms with Gasteiger partial charge in [-0.25, -0.2) is 27.2 Å². The lowest BCUT2D eigenvalue weighted by Crippen LogP contribution is -2.33. The Hall–Kier alpha value is -3.72. The molecule has 0 saturated heterocycles. The molecule has 0 aliphatic carbocycles. The Morgan fingerprint density at radius 1 is 1.15 bits per heavy atom. The van der Waals surface area contributed by atoms with E-state index in [0.717, 1.165) is 34.1 Å². The fourth-order valence-electron chi connectivity index (χ4n) is 3.84. The van der Waals surface area contributed by atoms with Crippen molar-refractivity contribution in [2.24, 2.45) is 0 Å². The minimum absolute atomic E-state index is 0.0548. The number of fused-ring (bicyclic) bond motifs is 1. The number of carbonyl (C=O) groups is 1. The molecule has 4 aromatic rings. The van der Waals surface area contributed by atoms with Crippen molar-refractivity contribution >= 4 is 48.9 Å². The highest BCUT2D eigenvalue weighted by Crippen LogP contribution is 2.34. The molecule has 4 rings (SSSR count). The summed E-state index contributed by atoms with van der Waals surface area (Å²) in [6, 6.07) is 8.37. The summed E-state index contributed by atoms with van der Waals surface area (Å²) < 4.78 is 63.1. The summed E-state index contributed by atoms with van der Waals surface area (Å²) in [6.45, 7) is 1.41. The molecule has 2 aromatic carbocycles. The number of amides is 1. The number of sulfonamides is 1. The van der Waals surface area contributed by atoms with Crippen LogP contribution in [-0.4, -0.2) is 47.4 Å². The SMILES string of the molecule is CCCS(=O)(=O)N(Cc1ccc(OC)cc1)c1ccc(F)c(NC(=O)c2csc3c(C(O)O)ncnc23)c1F. The molecule has 1 amide bonds. The van der Waals surface area contributed by atoms with Gasteiger partial charge in [-0.05, 0) is 36.2 Å². The predicted octanol–water partition coefficient (Wildman–Crippen LogP) is 3.96. The van der Waals surface area contributed by atoms with Gasteiger partial charge in [-0.3, -0.25) is 9.10 Å². The number of methoxy groups -OCH3 is 1. The molecule has 0 aliphatic rings. The van der Waals surface area contributed by atoms with Gasteiger partial charge in [0.2, 0.25) is 10.0 Å². The van der Waals surface area contributed by atoms with Gasteiger partial charge in [-0.15, -0.1) is 11.3 Å². The highest BCUT2D eigenvalue weighted by molar-refractivity contribution is 7.92. The Labute approximate surface area is 226 Å². The first-order chi connectivity index (χ1) is 18.6. The van der Waals surface area contributed by atoms with Crippen molar-refractivity contribution < 1.29 is 36.9 Å². The number of halogens is 2. The maximum atomic E-state index is 15.8. The molecule has 0 saturated carbocycles. The zero-order valence-corrected chi connectivity index (χ0v) is 22.4. The van der Waals surface area contributed by atoms with E-state index < -0.39 is 45.2 Å². The third-order valence-electron chi connectivity index (χ3n) is 5.73. The van der Waals surface area contributed by atoms with Gasteiger partial charge in [-0.2, -0.15) is 0 Å². The minimum Gasteiger partial charge on any atom is -0.497 e. The van der Waals surface area contributed by atoms with Gasteiger partial charge in [0.1, 0.15) is 29.3 Å². The Morgan fingerprint density at radius 2 is 1.87 bits per heavy atom. The van der Waals surface area contributed by atoms with E-state index in [0.29, 0.717) is 11.3 Å². The maximum Gasteiger partial charge on any atom is 0.258 e. The molecule has 0 unspecified atom stereocenters. The first-order valence-electron chi connectivity index (χ1n) is 11.6. The lowest BCUT2D eigenvalue weighted by molar-refractivity contribution is -0.0445. The van der Waals surface area contributed by atoms with Gasteiger partial charge in [0.25, 0.3) is 5.91 Å². The third-order valence-corrected chi connectivity index (χ3v) is 8.64. The fourth-order valence-corrected chi connectivity index (χ4v) is 6.37.